The lowest BCUT2D eigenvalue weighted by molar-refractivity contribution is -0.136. The van der Waals surface area contributed by atoms with Gasteiger partial charge in [0.1, 0.15) is 18.0 Å². The summed E-state index contributed by atoms with van der Waals surface area (Å²) < 4.78 is 39.1. The minimum atomic E-state index is -4.51. The van der Waals surface area contributed by atoms with Crippen molar-refractivity contribution in [1.29, 1.82) is 0 Å². The Morgan fingerprint density at radius 2 is 1.86 bits per heavy atom. The molecule has 118 valence electrons. The van der Waals surface area contributed by atoms with Gasteiger partial charge in [0.15, 0.2) is 0 Å². The molecule has 0 unspecified atom stereocenters. The Balaban J connectivity index is 2.27. The fraction of sp³-hybridized carbons (Fsp3) is 0.286. The van der Waals surface area contributed by atoms with Gasteiger partial charge < -0.3 is 10.6 Å². The van der Waals surface area contributed by atoms with Crippen LogP contribution in [0.25, 0.3) is 0 Å². The third kappa shape index (κ3) is 4.24. The van der Waals surface area contributed by atoms with Crippen LogP contribution in [0.4, 0.5) is 30.5 Å². The summed E-state index contributed by atoms with van der Waals surface area (Å²) in [6, 6.07) is 5.08. The molecule has 0 amide bonds. The molecule has 0 atom stereocenters. The summed E-state index contributed by atoms with van der Waals surface area (Å²) in [5.74, 6) is 0.809. The number of halogens is 4. The van der Waals surface area contributed by atoms with Crippen LogP contribution in [-0.4, -0.2) is 16.5 Å². The molecule has 2 N–H and O–H groups in total. The number of nitrogens with zero attached hydrogens (tertiary/aromatic N) is 2. The second kappa shape index (κ2) is 6.83. The average Bonchev–Trinajstić information content (AvgIpc) is 2.46. The van der Waals surface area contributed by atoms with E-state index in [1.165, 1.54) is 18.5 Å². The molecule has 22 heavy (non-hydrogen) atoms. The van der Waals surface area contributed by atoms with E-state index < -0.39 is 11.7 Å². The summed E-state index contributed by atoms with van der Waals surface area (Å²) >= 11 is 5.64. The van der Waals surface area contributed by atoms with Gasteiger partial charge in [0.2, 0.25) is 0 Å². The van der Waals surface area contributed by atoms with Crippen molar-refractivity contribution in [2.45, 2.75) is 19.5 Å². The molecule has 0 aliphatic heterocycles. The van der Waals surface area contributed by atoms with Gasteiger partial charge in [-0.3, -0.25) is 0 Å². The molecule has 1 heterocycles. The van der Waals surface area contributed by atoms with Gasteiger partial charge in [-0.25, -0.2) is 9.97 Å². The molecular formula is C14H14ClF3N4. The molecule has 0 bridgehead atoms. The van der Waals surface area contributed by atoms with Crippen molar-refractivity contribution >= 4 is 28.9 Å². The number of benzene rings is 1. The molecule has 2 aromatic rings. The van der Waals surface area contributed by atoms with Crippen molar-refractivity contribution < 1.29 is 13.2 Å². The molecule has 0 spiro atoms. The zero-order valence-electron chi connectivity index (χ0n) is 11.7. The third-order valence-electron chi connectivity index (χ3n) is 2.77. The van der Waals surface area contributed by atoms with Crippen LogP contribution in [0.15, 0.2) is 30.6 Å². The Kier molecular flexibility index (Phi) is 5.07. The Labute approximate surface area is 130 Å². The fourth-order valence-corrected chi connectivity index (χ4v) is 1.95. The summed E-state index contributed by atoms with van der Waals surface area (Å²) in [6.45, 7) is 2.71. The Bertz CT molecular complexity index is 646. The van der Waals surface area contributed by atoms with Crippen LogP contribution in [-0.2, 0) is 6.18 Å². The molecule has 2 rings (SSSR count). The van der Waals surface area contributed by atoms with Gasteiger partial charge in [-0.1, -0.05) is 18.5 Å². The van der Waals surface area contributed by atoms with Gasteiger partial charge in [0.25, 0.3) is 0 Å². The molecule has 0 aliphatic carbocycles. The molecule has 0 radical (unpaired) electrons. The van der Waals surface area contributed by atoms with Gasteiger partial charge in [0.05, 0.1) is 11.3 Å². The number of hydrogen-bond acceptors (Lipinski definition) is 4. The van der Waals surface area contributed by atoms with E-state index in [9.17, 15) is 13.2 Å². The number of aromatic nitrogens is 2. The van der Waals surface area contributed by atoms with Crippen LogP contribution in [0.1, 0.15) is 18.9 Å². The number of anilines is 3. The number of rotatable bonds is 5. The topological polar surface area (TPSA) is 49.8 Å². The summed E-state index contributed by atoms with van der Waals surface area (Å²) in [7, 11) is 0. The van der Waals surface area contributed by atoms with Gasteiger partial charge in [-0.05, 0) is 24.6 Å². The molecular weight excluding hydrogens is 317 g/mol. The Morgan fingerprint density at radius 1 is 1.14 bits per heavy atom. The van der Waals surface area contributed by atoms with Crippen LogP contribution in [0.2, 0.25) is 5.02 Å². The van der Waals surface area contributed by atoms with Crippen LogP contribution >= 0.6 is 11.6 Å². The summed E-state index contributed by atoms with van der Waals surface area (Å²) in [5.41, 5.74) is -0.960. The van der Waals surface area contributed by atoms with Crippen molar-refractivity contribution in [1.82, 2.24) is 9.97 Å². The second-order valence-electron chi connectivity index (χ2n) is 4.53. The average molecular weight is 331 g/mol. The third-order valence-corrected chi connectivity index (χ3v) is 3.01. The van der Waals surface area contributed by atoms with Gasteiger partial charge in [-0.2, -0.15) is 13.2 Å². The quantitative estimate of drug-likeness (QED) is 0.833. The van der Waals surface area contributed by atoms with E-state index in [0.29, 0.717) is 12.4 Å². The molecule has 8 heteroatoms. The highest BCUT2D eigenvalue weighted by atomic mass is 35.5. The molecule has 1 aromatic heterocycles. The number of alkyl halides is 3. The number of hydrogen-bond donors (Lipinski definition) is 2. The van der Waals surface area contributed by atoms with E-state index in [1.807, 2.05) is 6.92 Å². The Hall–Kier alpha value is -2.02. The van der Waals surface area contributed by atoms with Crippen LogP contribution in [0, 0.1) is 0 Å². The van der Waals surface area contributed by atoms with E-state index in [1.54, 1.807) is 6.07 Å². The van der Waals surface area contributed by atoms with Crippen molar-refractivity contribution in [3.05, 3.63) is 41.2 Å². The standard InChI is InChI=1S/C14H14ClF3N4/c1-2-5-19-12-7-13(21-8-20-12)22-11-4-3-9(15)6-10(11)14(16,17)18/h3-4,6-8H,2,5H2,1H3,(H2,19,20,21,22). The first kappa shape index (κ1) is 16.4. The minimum Gasteiger partial charge on any atom is -0.370 e. The maximum atomic E-state index is 13.0. The molecule has 0 saturated carbocycles. The van der Waals surface area contributed by atoms with Crippen molar-refractivity contribution in [2.75, 3.05) is 17.2 Å². The lowest BCUT2D eigenvalue weighted by Gasteiger charge is -2.15. The maximum Gasteiger partial charge on any atom is 0.418 e. The highest BCUT2D eigenvalue weighted by molar-refractivity contribution is 6.30. The monoisotopic (exact) mass is 330 g/mol. The molecule has 0 aliphatic rings. The highest BCUT2D eigenvalue weighted by Crippen LogP contribution is 2.37. The van der Waals surface area contributed by atoms with Gasteiger partial charge in [-0.15, -0.1) is 0 Å². The Morgan fingerprint density at radius 3 is 2.55 bits per heavy atom. The van der Waals surface area contributed by atoms with Crippen molar-refractivity contribution in [3.63, 3.8) is 0 Å². The van der Waals surface area contributed by atoms with Crippen LogP contribution in [0.3, 0.4) is 0 Å². The predicted octanol–water partition coefficient (Wildman–Crippen LogP) is 4.71. The largest absolute Gasteiger partial charge is 0.418 e. The first-order valence-corrected chi connectivity index (χ1v) is 6.97. The van der Waals surface area contributed by atoms with E-state index in [-0.39, 0.29) is 16.5 Å². The molecule has 0 saturated heterocycles. The zero-order chi connectivity index (χ0) is 16.2. The van der Waals surface area contributed by atoms with Gasteiger partial charge >= 0.3 is 6.18 Å². The maximum absolute atomic E-state index is 13.0. The summed E-state index contributed by atoms with van der Waals surface area (Å²) in [4.78, 5) is 7.92. The minimum absolute atomic E-state index is 0.0193. The second-order valence-corrected chi connectivity index (χ2v) is 4.96. The van der Waals surface area contributed by atoms with Gasteiger partial charge in [0, 0.05) is 17.6 Å². The molecule has 1 aromatic carbocycles. The first-order valence-electron chi connectivity index (χ1n) is 6.60. The van der Waals surface area contributed by atoms with Crippen LogP contribution in [0.5, 0.6) is 0 Å². The van der Waals surface area contributed by atoms with E-state index in [4.69, 9.17) is 11.6 Å². The number of nitrogens with one attached hydrogen (secondary N) is 2. The fourth-order valence-electron chi connectivity index (χ4n) is 1.77. The normalized spacial score (nSPS) is 11.3. The van der Waals surface area contributed by atoms with E-state index >= 15 is 0 Å². The zero-order valence-corrected chi connectivity index (χ0v) is 12.5. The van der Waals surface area contributed by atoms with Crippen molar-refractivity contribution in [2.24, 2.45) is 0 Å². The molecule has 4 nitrogen and oxygen atoms in total. The SMILES string of the molecule is CCCNc1cc(Nc2ccc(Cl)cc2C(F)(F)F)ncn1. The van der Waals surface area contributed by atoms with E-state index in [2.05, 4.69) is 20.6 Å². The first-order chi connectivity index (χ1) is 10.4. The highest BCUT2D eigenvalue weighted by Gasteiger charge is 2.33. The predicted molar refractivity (Wildman–Crippen MR) is 80.5 cm³/mol. The molecule has 0 fully saturated rings. The summed E-state index contributed by atoms with van der Waals surface area (Å²) in [6.07, 6.45) is -2.32. The van der Waals surface area contributed by atoms with E-state index in [0.717, 1.165) is 12.5 Å². The lowest BCUT2D eigenvalue weighted by atomic mass is 10.1. The van der Waals surface area contributed by atoms with Crippen LogP contribution < -0.4 is 10.6 Å². The smallest absolute Gasteiger partial charge is 0.370 e. The van der Waals surface area contributed by atoms with Crippen molar-refractivity contribution in [3.8, 4) is 0 Å². The lowest BCUT2D eigenvalue weighted by Crippen LogP contribution is -2.09. The summed E-state index contributed by atoms with van der Waals surface area (Å²) in [5, 5.41) is 5.71.